The number of amides is 1. The number of carbonyl (C=O) groups excluding carboxylic acids is 1. The molecule has 0 aliphatic carbocycles. The molecule has 0 unspecified atom stereocenters. The Bertz CT molecular complexity index is 817. The predicted octanol–water partition coefficient (Wildman–Crippen LogP) is 3.17. The summed E-state index contributed by atoms with van der Waals surface area (Å²) < 4.78 is 2.05. The number of thioether (sulfide) groups is 1. The van der Waals surface area contributed by atoms with Crippen molar-refractivity contribution >= 4 is 29.0 Å². The van der Waals surface area contributed by atoms with E-state index in [0.29, 0.717) is 12.3 Å². The number of hydrogen-bond acceptors (Lipinski definition) is 6. The van der Waals surface area contributed by atoms with Gasteiger partial charge in [0.2, 0.25) is 5.91 Å². The van der Waals surface area contributed by atoms with Crippen LogP contribution in [0.4, 0.5) is 0 Å². The zero-order valence-electron chi connectivity index (χ0n) is 14.1. The van der Waals surface area contributed by atoms with Gasteiger partial charge in [-0.15, -0.1) is 21.5 Å². The van der Waals surface area contributed by atoms with Gasteiger partial charge in [-0.1, -0.05) is 23.9 Å². The lowest BCUT2D eigenvalue weighted by Crippen LogP contribution is -2.28. The van der Waals surface area contributed by atoms with Crippen molar-refractivity contribution < 1.29 is 4.79 Å². The Labute approximate surface area is 154 Å². The summed E-state index contributed by atoms with van der Waals surface area (Å²) in [7, 11) is 1.80. The quantitative estimate of drug-likeness (QED) is 0.595. The number of rotatable bonds is 7. The summed E-state index contributed by atoms with van der Waals surface area (Å²) in [5.41, 5.74) is 1.01. The molecule has 3 aromatic rings. The average molecular weight is 374 g/mol. The third-order valence-electron chi connectivity index (χ3n) is 3.67. The molecule has 0 saturated heterocycles. The number of hydrogen-bond donors (Lipinski definition) is 0. The fraction of sp³-hybridized carbons (Fsp3) is 0.294. The van der Waals surface area contributed by atoms with Gasteiger partial charge in [0.15, 0.2) is 11.0 Å². The number of carbonyl (C=O) groups is 1. The fourth-order valence-corrected chi connectivity index (χ4v) is 4.02. The molecule has 3 aromatic heterocycles. The monoisotopic (exact) mass is 373 g/mol. The molecule has 6 nitrogen and oxygen atoms in total. The minimum Gasteiger partial charge on any atom is -0.341 e. The van der Waals surface area contributed by atoms with Crippen molar-refractivity contribution in [1.29, 1.82) is 0 Å². The summed E-state index contributed by atoms with van der Waals surface area (Å²) in [5, 5.41) is 11.3. The van der Waals surface area contributed by atoms with Crippen LogP contribution in [0.3, 0.4) is 0 Å². The molecule has 130 valence electrons. The Morgan fingerprint density at radius 2 is 2.20 bits per heavy atom. The van der Waals surface area contributed by atoms with Crippen LogP contribution in [-0.2, 0) is 17.9 Å². The fourth-order valence-electron chi connectivity index (χ4n) is 2.36. The summed E-state index contributed by atoms with van der Waals surface area (Å²) in [4.78, 5) is 19.3. The van der Waals surface area contributed by atoms with E-state index >= 15 is 0 Å². The Hall–Kier alpha value is -2.19. The van der Waals surface area contributed by atoms with Crippen LogP contribution < -0.4 is 0 Å². The van der Waals surface area contributed by atoms with Crippen LogP contribution >= 0.6 is 23.1 Å². The highest BCUT2D eigenvalue weighted by atomic mass is 32.2. The summed E-state index contributed by atoms with van der Waals surface area (Å²) in [6, 6.07) is 7.86. The molecule has 0 N–H and O–H groups in total. The molecule has 0 aliphatic heterocycles. The van der Waals surface area contributed by atoms with E-state index in [9.17, 15) is 4.79 Å². The molecule has 25 heavy (non-hydrogen) atoms. The van der Waals surface area contributed by atoms with Crippen molar-refractivity contribution in [3.05, 3.63) is 47.6 Å². The van der Waals surface area contributed by atoms with Crippen LogP contribution in [0, 0.1) is 0 Å². The second-order valence-electron chi connectivity index (χ2n) is 5.43. The van der Waals surface area contributed by atoms with Gasteiger partial charge in [-0.2, -0.15) is 0 Å². The average Bonchev–Trinajstić information content (AvgIpc) is 3.29. The molecule has 8 heteroatoms. The van der Waals surface area contributed by atoms with Crippen LogP contribution in [0.25, 0.3) is 10.7 Å². The second-order valence-corrected chi connectivity index (χ2v) is 7.32. The first-order chi connectivity index (χ1) is 12.2. The highest BCUT2D eigenvalue weighted by Gasteiger charge is 2.16. The highest BCUT2D eigenvalue weighted by molar-refractivity contribution is 7.99. The highest BCUT2D eigenvalue weighted by Crippen LogP contribution is 2.27. The molecular weight excluding hydrogens is 354 g/mol. The molecule has 0 spiro atoms. The van der Waals surface area contributed by atoms with Crippen molar-refractivity contribution in [3.63, 3.8) is 0 Å². The molecule has 0 radical (unpaired) electrons. The zero-order chi connectivity index (χ0) is 17.6. The molecule has 0 saturated carbocycles. The molecule has 3 rings (SSSR count). The lowest BCUT2D eigenvalue weighted by Gasteiger charge is -2.16. The van der Waals surface area contributed by atoms with Crippen LogP contribution in [0.15, 0.2) is 47.2 Å². The van der Waals surface area contributed by atoms with E-state index in [4.69, 9.17) is 0 Å². The molecular formula is C17H19N5OS2. The SMILES string of the molecule is CCn1c(SCC(=O)N(C)Cc2cccnc2)nnc1-c1cccs1. The van der Waals surface area contributed by atoms with E-state index in [2.05, 4.69) is 22.1 Å². The maximum Gasteiger partial charge on any atom is 0.233 e. The maximum absolute atomic E-state index is 12.4. The van der Waals surface area contributed by atoms with Crippen LogP contribution in [0.2, 0.25) is 0 Å². The van der Waals surface area contributed by atoms with Crippen molar-refractivity contribution in [2.24, 2.45) is 0 Å². The Morgan fingerprint density at radius 1 is 1.32 bits per heavy atom. The lowest BCUT2D eigenvalue weighted by molar-refractivity contribution is -0.127. The van der Waals surface area contributed by atoms with Gasteiger partial charge in [-0.25, -0.2) is 0 Å². The smallest absolute Gasteiger partial charge is 0.233 e. The largest absolute Gasteiger partial charge is 0.341 e. The number of thiophene rings is 1. The number of aromatic nitrogens is 4. The zero-order valence-corrected chi connectivity index (χ0v) is 15.8. The Balaban J connectivity index is 1.62. The summed E-state index contributed by atoms with van der Waals surface area (Å²) in [6.45, 7) is 3.37. The minimum absolute atomic E-state index is 0.0529. The maximum atomic E-state index is 12.4. The van der Waals surface area contributed by atoms with Crippen molar-refractivity contribution in [1.82, 2.24) is 24.6 Å². The Kier molecular flexibility index (Phi) is 5.83. The molecule has 0 atom stereocenters. The number of pyridine rings is 1. The summed E-state index contributed by atoms with van der Waals surface area (Å²) >= 11 is 3.06. The second kappa shape index (κ2) is 8.26. The molecule has 0 bridgehead atoms. The van der Waals surface area contributed by atoms with Gasteiger partial charge < -0.3 is 9.47 Å². The standard InChI is InChI=1S/C17H19N5OS2/c1-3-22-16(14-7-5-9-24-14)19-20-17(22)25-12-15(23)21(2)11-13-6-4-8-18-10-13/h4-10H,3,11-12H2,1-2H3. The molecule has 1 amide bonds. The van der Waals surface area contributed by atoms with Crippen molar-refractivity contribution in [2.45, 2.75) is 25.2 Å². The first-order valence-corrected chi connectivity index (χ1v) is 9.78. The molecule has 3 heterocycles. The third-order valence-corrected chi connectivity index (χ3v) is 5.48. The van der Waals surface area contributed by atoms with E-state index in [0.717, 1.165) is 28.0 Å². The Morgan fingerprint density at radius 3 is 2.88 bits per heavy atom. The number of nitrogens with zero attached hydrogens (tertiary/aromatic N) is 5. The van der Waals surface area contributed by atoms with Gasteiger partial charge in [-0.05, 0) is 30.0 Å². The normalized spacial score (nSPS) is 10.8. The molecule has 0 aliphatic rings. The van der Waals surface area contributed by atoms with Crippen LogP contribution in [0.1, 0.15) is 12.5 Å². The van der Waals surface area contributed by atoms with Gasteiger partial charge in [-0.3, -0.25) is 9.78 Å². The van der Waals surface area contributed by atoms with Gasteiger partial charge >= 0.3 is 0 Å². The van der Waals surface area contributed by atoms with E-state index < -0.39 is 0 Å². The van der Waals surface area contributed by atoms with Crippen molar-refractivity contribution in [2.75, 3.05) is 12.8 Å². The van der Waals surface area contributed by atoms with Crippen molar-refractivity contribution in [3.8, 4) is 10.7 Å². The van der Waals surface area contributed by atoms with Gasteiger partial charge in [0.25, 0.3) is 0 Å². The van der Waals surface area contributed by atoms with Gasteiger partial charge in [0.05, 0.1) is 10.6 Å². The summed E-state index contributed by atoms with van der Waals surface area (Å²) in [5.74, 6) is 1.24. The predicted molar refractivity (Wildman–Crippen MR) is 100 cm³/mol. The van der Waals surface area contributed by atoms with E-state index in [-0.39, 0.29) is 5.91 Å². The van der Waals surface area contributed by atoms with Crippen LogP contribution in [0.5, 0.6) is 0 Å². The van der Waals surface area contributed by atoms with Gasteiger partial charge in [0.1, 0.15) is 0 Å². The summed E-state index contributed by atoms with van der Waals surface area (Å²) in [6.07, 6.45) is 3.50. The third kappa shape index (κ3) is 4.26. The molecule has 0 fully saturated rings. The van der Waals surface area contributed by atoms with Crippen LogP contribution in [-0.4, -0.2) is 43.4 Å². The minimum atomic E-state index is 0.0529. The molecule has 0 aromatic carbocycles. The van der Waals surface area contributed by atoms with E-state index in [1.165, 1.54) is 11.8 Å². The van der Waals surface area contributed by atoms with E-state index in [1.54, 1.807) is 35.7 Å². The van der Waals surface area contributed by atoms with E-state index in [1.807, 2.05) is 34.2 Å². The van der Waals surface area contributed by atoms with Gasteiger partial charge in [0, 0.05) is 32.5 Å². The topological polar surface area (TPSA) is 63.9 Å². The first-order valence-electron chi connectivity index (χ1n) is 7.91. The lowest BCUT2D eigenvalue weighted by atomic mass is 10.3. The first kappa shape index (κ1) is 17.6.